The fourth-order valence-electron chi connectivity index (χ4n) is 0.337. The molecule has 0 spiro atoms. The third-order valence-electron chi connectivity index (χ3n) is 0.608. The Balaban J connectivity index is 2.60. The van der Waals surface area contributed by atoms with Gasteiger partial charge in [-0.15, -0.1) is 0 Å². The molecule has 1 unspecified atom stereocenters. The van der Waals surface area contributed by atoms with E-state index in [0.717, 1.165) is 0 Å². The summed E-state index contributed by atoms with van der Waals surface area (Å²) in [6.45, 7) is 0. The van der Waals surface area contributed by atoms with Gasteiger partial charge in [0.15, 0.2) is 6.23 Å². The van der Waals surface area contributed by atoms with Gasteiger partial charge in [-0.05, 0) is 12.2 Å². The molecule has 1 heterocycles. The van der Waals surface area contributed by atoms with Crippen molar-refractivity contribution in [2.24, 2.45) is 4.99 Å². The lowest BCUT2D eigenvalue weighted by atomic mass is 10.5. The highest BCUT2D eigenvalue weighted by atomic mass is 16.3. The summed E-state index contributed by atoms with van der Waals surface area (Å²) in [5, 5.41) is 8.44. The SMILES string of the molecule is OC1C=CC=N1. The van der Waals surface area contributed by atoms with Crippen LogP contribution in [0.2, 0.25) is 0 Å². The monoisotopic (exact) mass is 83.0 g/mol. The Morgan fingerprint density at radius 2 is 2.50 bits per heavy atom. The number of hydrogen-bond acceptors (Lipinski definition) is 2. The van der Waals surface area contributed by atoms with Crippen LogP contribution in [0.4, 0.5) is 0 Å². The van der Waals surface area contributed by atoms with Gasteiger partial charge in [-0.3, -0.25) is 4.99 Å². The summed E-state index contributed by atoms with van der Waals surface area (Å²) in [5.74, 6) is 0. The molecule has 2 heteroatoms. The Morgan fingerprint density at radius 3 is 2.67 bits per heavy atom. The Kier molecular flexibility index (Phi) is 0.725. The van der Waals surface area contributed by atoms with Gasteiger partial charge in [0, 0.05) is 6.21 Å². The van der Waals surface area contributed by atoms with Crippen LogP contribution >= 0.6 is 0 Å². The van der Waals surface area contributed by atoms with E-state index in [4.69, 9.17) is 5.11 Å². The van der Waals surface area contributed by atoms with Gasteiger partial charge in [-0.25, -0.2) is 0 Å². The Bertz CT molecular complexity index is 83.7. The molecule has 0 radical (unpaired) electrons. The fourth-order valence-corrected chi connectivity index (χ4v) is 0.337. The first-order valence-electron chi connectivity index (χ1n) is 1.77. The molecule has 1 rings (SSSR count). The number of nitrogens with zero attached hydrogens (tertiary/aromatic N) is 1. The Morgan fingerprint density at radius 1 is 1.67 bits per heavy atom. The van der Waals surface area contributed by atoms with E-state index in [1.807, 2.05) is 0 Å². The molecule has 0 amide bonds. The number of aliphatic hydroxyl groups excluding tert-OH is 1. The minimum atomic E-state index is -0.565. The Hall–Kier alpha value is -0.630. The molecule has 0 saturated heterocycles. The molecule has 2 nitrogen and oxygen atoms in total. The molecule has 0 aliphatic carbocycles. The third-order valence-corrected chi connectivity index (χ3v) is 0.608. The highest BCUT2D eigenvalue weighted by Gasteiger charge is 1.92. The molecule has 0 bridgehead atoms. The van der Waals surface area contributed by atoms with Crippen LogP contribution in [0, 0.1) is 0 Å². The van der Waals surface area contributed by atoms with E-state index in [-0.39, 0.29) is 0 Å². The van der Waals surface area contributed by atoms with E-state index in [0.29, 0.717) is 0 Å². The van der Waals surface area contributed by atoms with Crippen LogP contribution in [0.1, 0.15) is 0 Å². The number of rotatable bonds is 0. The van der Waals surface area contributed by atoms with Crippen molar-refractivity contribution in [2.45, 2.75) is 6.23 Å². The summed E-state index contributed by atoms with van der Waals surface area (Å²) in [6.07, 6.45) is 4.33. The summed E-state index contributed by atoms with van der Waals surface area (Å²) in [7, 11) is 0. The van der Waals surface area contributed by atoms with Crippen LogP contribution in [0.25, 0.3) is 0 Å². The zero-order valence-electron chi connectivity index (χ0n) is 3.20. The van der Waals surface area contributed by atoms with E-state index >= 15 is 0 Å². The number of aliphatic hydroxyl groups is 1. The van der Waals surface area contributed by atoms with Gasteiger partial charge in [0.05, 0.1) is 0 Å². The van der Waals surface area contributed by atoms with Crippen molar-refractivity contribution in [3.8, 4) is 0 Å². The zero-order valence-corrected chi connectivity index (χ0v) is 3.20. The molecule has 0 aromatic rings. The van der Waals surface area contributed by atoms with E-state index in [2.05, 4.69) is 4.99 Å². The van der Waals surface area contributed by atoms with Gasteiger partial charge in [-0.1, -0.05) is 0 Å². The number of hydrogen-bond donors (Lipinski definition) is 1. The summed E-state index contributed by atoms with van der Waals surface area (Å²) < 4.78 is 0. The van der Waals surface area contributed by atoms with Crippen molar-refractivity contribution in [3.63, 3.8) is 0 Å². The van der Waals surface area contributed by atoms with Crippen molar-refractivity contribution in [1.29, 1.82) is 0 Å². The fraction of sp³-hybridized carbons (Fsp3) is 0.250. The van der Waals surface area contributed by atoms with Gasteiger partial charge in [0.25, 0.3) is 0 Å². The van der Waals surface area contributed by atoms with Gasteiger partial charge in [0.1, 0.15) is 0 Å². The summed E-state index contributed by atoms with van der Waals surface area (Å²) >= 11 is 0. The molecular weight excluding hydrogens is 78.0 g/mol. The predicted octanol–water partition coefficient (Wildman–Crippen LogP) is -0.0546. The average molecular weight is 83.1 g/mol. The lowest BCUT2D eigenvalue weighted by molar-refractivity contribution is 0.237. The molecule has 32 valence electrons. The molecule has 0 saturated carbocycles. The quantitative estimate of drug-likeness (QED) is 0.437. The first-order valence-corrected chi connectivity index (χ1v) is 1.77. The topological polar surface area (TPSA) is 32.6 Å². The number of allylic oxidation sites excluding steroid dienone is 1. The van der Waals surface area contributed by atoms with Gasteiger partial charge >= 0.3 is 0 Å². The molecule has 1 atom stereocenters. The van der Waals surface area contributed by atoms with E-state index in [1.54, 1.807) is 18.4 Å². The third kappa shape index (κ3) is 0.466. The van der Waals surface area contributed by atoms with Crippen LogP contribution in [-0.2, 0) is 0 Å². The van der Waals surface area contributed by atoms with Crippen LogP contribution in [0.5, 0.6) is 0 Å². The van der Waals surface area contributed by atoms with Gasteiger partial charge < -0.3 is 5.11 Å². The smallest absolute Gasteiger partial charge is 0.164 e. The van der Waals surface area contributed by atoms with Crippen molar-refractivity contribution in [1.82, 2.24) is 0 Å². The maximum Gasteiger partial charge on any atom is 0.164 e. The van der Waals surface area contributed by atoms with E-state index in [9.17, 15) is 0 Å². The maximum absolute atomic E-state index is 8.44. The predicted molar refractivity (Wildman–Crippen MR) is 23.6 cm³/mol. The van der Waals surface area contributed by atoms with Crippen molar-refractivity contribution < 1.29 is 5.11 Å². The largest absolute Gasteiger partial charge is 0.368 e. The molecule has 0 fully saturated rings. The highest BCUT2D eigenvalue weighted by Crippen LogP contribution is 1.91. The molecular formula is C4H5NO. The summed E-state index contributed by atoms with van der Waals surface area (Å²) in [5.41, 5.74) is 0. The van der Waals surface area contributed by atoms with Crippen LogP contribution in [-0.4, -0.2) is 17.5 Å². The zero-order chi connectivity index (χ0) is 4.41. The minimum absolute atomic E-state index is 0.565. The normalized spacial score (nSPS) is 29.2. The van der Waals surface area contributed by atoms with Gasteiger partial charge in [-0.2, -0.15) is 0 Å². The lowest BCUT2D eigenvalue weighted by Crippen LogP contribution is -1.89. The van der Waals surface area contributed by atoms with E-state index in [1.165, 1.54) is 0 Å². The van der Waals surface area contributed by atoms with Crippen LogP contribution in [0.15, 0.2) is 17.1 Å². The highest BCUT2D eigenvalue weighted by molar-refractivity contribution is 5.73. The second kappa shape index (κ2) is 1.22. The second-order valence-corrected chi connectivity index (χ2v) is 1.10. The molecule has 0 aromatic heterocycles. The first-order chi connectivity index (χ1) is 2.89. The number of aliphatic imine (C=N–C) groups is 1. The maximum atomic E-state index is 8.44. The van der Waals surface area contributed by atoms with Crippen LogP contribution in [0.3, 0.4) is 0 Å². The average Bonchev–Trinajstić information content (AvgIpc) is 1.86. The van der Waals surface area contributed by atoms with E-state index < -0.39 is 6.23 Å². The van der Waals surface area contributed by atoms with Gasteiger partial charge in [0.2, 0.25) is 0 Å². The van der Waals surface area contributed by atoms with Crippen molar-refractivity contribution in [3.05, 3.63) is 12.2 Å². The lowest BCUT2D eigenvalue weighted by Gasteiger charge is -1.84. The van der Waals surface area contributed by atoms with Crippen molar-refractivity contribution >= 4 is 6.21 Å². The van der Waals surface area contributed by atoms with Crippen LogP contribution < -0.4 is 0 Å². The summed E-state index contributed by atoms with van der Waals surface area (Å²) in [6, 6.07) is 0. The minimum Gasteiger partial charge on any atom is -0.368 e. The standard InChI is InChI=1S/C4H5NO/c6-4-2-1-3-5-4/h1-4,6H. The molecule has 0 aromatic carbocycles. The second-order valence-electron chi connectivity index (χ2n) is 1.10. The molecule has 1 aliphatic rings. The molecule has 1 N–H and O–H groups in total. The Labute approximate surface area is 35.8 Å². The van der Waals surface area contributed by atoms with Crippen molar-refractivity contribution in [2.75, 3.05) is 0 Å². The molecule has 1 aliphatic heterocycles. The summed E-state index contributed by atoms with van der Waals surface area (Å²) in [4.78, 5) is 3.56. The first kappa shape index (κ1) is 3.56. The molecule has 6 heavy (non-hydrogen) atoms.